The Morgan fingerprint density at radius 1 is 0.812 bits per heavy atom. The predicted molar refractivity (Wildman–Crippen MR) is 281 cm³/mol. The maximum Gasteiger partial charge on any atom is 0.321 e. The van der Waals surface area contributed by atoms with Gasteiger partial charge in [-0.15, -0.1) is 0 Å². The first kappa shape index (κ1) is 53.2. The van der Waals surface area contributed by atoms with Gasteiger partial charge in [0.1, 0.15) is 35.8 Å². The number of fused-ring (bicyclic) bond motifs is 1. The third kappa shape index (κ3) is 15.2. The predicted octanol–water partition coefficient (Wildman–Crippen LogP) is 10.4. The molecule has 0 aliphatic carbocycles. The summed E-state index contributed by atoms with van der Waals surface area (Å²) in [6.45, 7) is 12.3. The number of pyridine rings is 1. The SMILES string of the molecule is C[C@H](CNC(=O)c1c[nH]c(=O)c2ccccc12)CN1CCC(Oc2ccc(C#N)c(Cl)c2)CC1.Cc1ccc(C[C@@H](C(=O)O)N2CCC(CN3CCC(Oc4ccc(Cl)c(Cl)c4)CC3)CC2)cc1.N.[HH].[HH].[HH]. The molecule has 0 saturated carbocycles. The first-order valence-corrected chi connectivity index (χ1v) is 24.8. The second-order valence-corrected chi connectivity index (χ2v) is 19.7. The Morgan fingerprint density at radius 3 is 2.00 bits per heavy atom. The van der Waals surface area contributed by atoms with E-state index in [2.05, 4.69) is 57.0 Å². The van der Waals surface area contributed by atoms with E-state index in [1.54, 1.807) is 48.5 Å². The van der Waals surface area contributed by atoms with E-state index in [0.29, 0.717) is 61.6 Å². The molecular formula is C53H70Cl3N7O6. The molecule has 6 N–H and O–H groups in total. The number of carboxylic acid groups (broad SMARTS) is 1. The lowest BCUT2D eigenvalue weighted by Crippen LogP contribution is -2.48. The molecule has 0 bridgehead atoms. The van der Waals surface area contributed by atoms with Crippen molar-refractivity contribution < 1.29 is 28.4 Å². The Labute approximate surface area is 424 Å². The number of aromatic nitrogens is 1. The minimum absolute atomic E-state index is 0. The van der Waals surface area contributed by atoms with Crippen molar-refractivity contribution in [1.29, 1.82) is 5.26 Å². The molecule has 0 radical (unpaired) electrons. The van der Waals surface area contributed by atoms with Crippen LogP contribution in [0.1, 0.15) is 76.8 Å². The molecule has 0 unspecified atom stereocenters. The van der Waals surface area contributed by atoms with Gasteiger partial charge in [-0.2, -0.15) is 5.26 Å². The smallest absolute Gasteiger partial charge is 0.321 e. The van der Waals surface area contributed by atoms with Crippen molar-refractivity contribution in [2.75, 3.05) is 58.9 Å². The summed E-state index contributed by atoms with van der Waals surface area (Å²) >= 11 is 18.2. The van der Waals surface area contributed by atoms with Gasteiger partial charge in [-0.3, -0.25) is 19.3 Å². The van der Waals surface area contributed by atoms with Crippen LogP contribution in [0.15, 0.2) is 95.9 Å². The highest BCUT2D eigenvalue weighted by Gasteiger charge is 2.31. The molecule has 8 rings (SSSR count). The summed E-state index contributed by atoms with van der Waals surface area (Å²) in [6, 6.07) is 27.5. The number of halogens is 3. The number of H-pyrrole nitrogens is 1. The van der Waals surface area contributed by atoms with Crippen molar-refractivity contribution >= 4 is 57.5 Å². The summed E-state index contributed by atoms with van der Waals surface area (Å²) in [5.41, 5.74) is 3.00. The number of hydrogen-bond donors (Lipinski definition) is 4. The van der Waals surface area contributed by atoms with Crippen molar-refractivity contribution in [2.24, 2.45) is 11.8 Å². The number of nitrogens with one attached hydrogen (secondary N) is 2. The van der Waals surface area contributed by atoms with Crippen LogP contribution < -0.4 is 26.5 Å². The highest BCUT2D eigenvalue weighted by Crippen LogP contribution is 2.30. The number of aliphatic carboxylic acids is 1. The van der Waals surface area contributed by atoms with E-state index in [1.807, 2.05) is 24.3 Å². The van der Waals surface area contributed by atoms with E-state index in [4.69, 9.17) is 49.5 Å². The molecule has 3 saturated heterocycles. The van der Waals surface area contributed by atoms with Crippen molar-refractivity contribution in [3.63, 3.8) is 0 Å². The van der Waals surface area contributed by atoms with Crippen LogP contribution in [0, 0.1) is 30.1 Å². The molecule has 1 aromatic heterocycles. The largest absolute Gasteiger partial charge is 0.490 e. The molecule has 374 valence electrons. The molecule has 3 aliphatic rings. The summed E-state index contributed by atoms with van der Waals surface area (Å²) in [5, 5.41) is 24.5. The van der Waals surface area contributed by atoms with Crippen molar-refractivity contribution in [1.82, 2.24) is 31.2 Å². The number of carboxylic acids is 1. The highest BCUT2D eigenvalue weighted by molar-refractivity contribution is 6.42. The Hall–Kier alpha value is -5.17. The van der Waals surface area contributed by atoms with Crippen molar-refractivity contribution in [3.8, 4) is 17.6 Å². The Balaban J connectivity index is 0.000000360. The number of amides is 1. The first-order chi connectivity index (χ1) is 32.8. The normalized spacial score (nSPS) is 17.4. The molecule has 69 heavy (non-hydrogen) atoms. The summed E-state index contributed by atoms with van der Waals surface area (Å²) in [5.74, 6) is 1.45. The van der Waals surface area contributed by atoms with Crippen LogP contribution in [0.5, 0.6) is 11.5 Å². The van der Waals surface area contributed by atoms with Gasteiger partial charge in [-0.05, 0) is 113 Å². The van der Waals surface area contributed by atoms with Gasteiger partial charge in [0.15, 0.2) is 0 Å². The molecule has 5 aromatic rings. The second kappa shape index (κ2) is 25.6. The molecule has 1 amide bonds. The zero-order chi connectivity index (χ0) is 48.2. The van der Waals surface area contributed by atoms with Gasteiger partial charge in [-0.1, -0.05) is 89.8 Å². The maximum atomic E-state index is 12.8. The molecule has 3 aliphatic heterocycles. The van der Waals surface area contributed by atoms with E-state index in [0.717, 1.165) is 102 Å². The summed E-state index contributed by atoms with van der Waals surface area (Å²) in [7, 11) is 0. The topological polar surface area (TPSA) is 186 Å². The average Bonchev–Trinajstić information content (AvgIpc) is 3.34. The highest BCUT2D eigenvalue weighted by atomic mass is 35.5. The van der Waals surface area contributed by atoms with Gasteiger partial charge in [-0.25, -0.2) is 0 Å². The number of aryl methyl sites for hydroxylation is 1. The Kier molecular flexibility index (Phi) is 19.7. The van der Waals surface area contributed by atoms with Gasteiger partial charge in [0, 0.05) is 79.2 Å². The zero-order valence-corrected chi connectivity index (χ0v) is 41.7. The molecule has 3 fully saturated rings. The third-order valence-electron chi connectivity index (χ3n) is 13.3. The molecule has 13 nitrogen and oxygen atoms in total. The zero-order valence-electron chi connectivity index (χ0n) is 39.5. The number of nitrogens with zero attached hydrogens (tertiary/aromatic N) is 4. The number of nitriles is 1. The van der Waals surface area contributed by atoms with E-state index >= 15 is 0 Å². The molecular weight excluding hydrogens is 937 g/mol. The van der Waals surface area contributed by atoms with Gasteiger partial charge in [0.2, 0.25) is 0 Å². The van der Waals surface area contributed by atoms with Crippen LogP contribution in [-0.2, 0) is 11.2 Å². The summed E-state index contributed by atoms with van der Waals surface area (Å²) < 4.78 is 12.2. The van der Waals surface area contributed by atoms with Crippen LogP contribution >= 0.6 is 34.8 Å². The third-order valence-corrected chi connectivity index (χ3v) is 14.4. The monoisotopic (exact) mass is 1010 g/mol. The standard InChI is InChI=1S/C27H34Cl2N2O3.C26H27ClN4O3.H3N.3H2/c1-19-2-4-20(5-3-19)16-26(27(32)33)31-14-8-21(9-15-31)18-30-12-10-22(11-13-30)34-23-6-7-24(28)25(29)17-23;1-17(14-29-26(33)23-15-30-25(32)22-5-3-2-4-21(22)23)16-31-10-8-19(9-11-31)34-20-7-6-18(13-28)24(27)12-20;;;;/h2-7,17,21-22,26H,8-16,18H2,1H3,(H,32,33);2-7,12,15,17,19H,8-11,14,16H2,1H3,(H,29,33)(H,30,32);1H3;3*1H/t26-;17-;;;;/m01..../s1. The van der Waals surface area contributed by atoms with Crippen LogP contribution in [0.4, 0.5) is 0 Å². The molecule has 16 heteroatoms. The average molecular weight is 1010 g/mol. The van der Waals surface area contributed by atoms with E-state index < -0.39 is 12.0 Å². The van der Waals surface area contributed by atoms with Gasteiger partial charge in [0.25, 0.3) is 11.5 Å². The van der Waals surface area contributed by atoms with E-state index in [1.165, 1.54) is 11.8 Å². The number of carbonyl (C=O) groups excluding carboxylic acids is 1. The maximum absolute atomic E-state index is 12.8. The summed E-state index contributed by atoms with van der Waals surface area (Å²) in [4.78, 5) is 46.5. The lowest BCUT2D eigenvalue weighted by molar-refractivity contribution is -0.144. The minimum Gasteiger partial charge on any atom is -0.490 e. The van der Waals surface area contributed by atoms with Crippen LogP contribution in [0.25, 0.3) is 10.8 Å². The molecule has 4 heterocycles. The quantitative estimate of drug-likeness (QED) is 0.0782. The lowest BCUT2D eigenvalue weighted by Gasteiger charge is -2.39. The fourth-order valence-electron chi connectivity index (χ4n) is 9.41. The van der Waals surface area contributed by atoms with Gasteiger partial charge >= 0.3 is 5.97 Å². The number of ether oxygens (including phenoxy) is 2. The second-order valence-electron chi connectivity index (χ2n) is 18.5. The Bertz CT molecular complexity index is 2600. The van der Waals surface area contributed by atoms with Gasteiger partial charge in [0.05, 0.1) is 26.2 Å². The molecule has 0 spiro atoms. The number of likely N-dealkylation sites (tertiary alicyclic amines) is 3. The lowest BCUT2D eigenvalue weighted by atomic mass is 9.93. The van der Waals surface area contributed by atoms with Gasteiger partial charge < -0.3 is 40.8 Å². The number of piperidine rings is 3. The number of hydrogen-bond acceptors (Lipinski definition) is 10. The fraction of sp³-hybridized carbons (Fsp3) is 0.434. The Morgan fingerprint density at radius 2 is 1.41 bits per heavy atom. The number of rotatable bonds is 15. The molecule has 4 aromatic carbocycles. The van der Waals surface area contributed by atoms with Crippen LogP contribution in [0.3, 0.4) is 0 Å². The fourth-order valence-corrected chi connectivity index (χ4v) is 9.91. The number of benzene rings is 4. The van der Waals surface area contributed by atoms with Crippen LogP contribution in [-0.4, -0.2) is 114 Å². The summed E-state index contributed by atoms with van der Waals surface area (Å²) in [6.07, 6.45) is 8.27. The van der Waals surface area contributed by atoms with E-state index in [-0.39, 0.29) is 40.0 Å². The van der Waals surface area contributed by atoms with E-state index in [9.17, 15) is 19.5 Å². The first-order valence-electron chi connectivity index (χ1n) is 23.7. The minimum atomic E-state index is -0.719. The van der Waals surface area contributed by atoms with Crippen molar-refractivity contribution in [2.45, 2.75) is 77.0 Å². The number of aromatic amines is 1. The molecule has 2 atom stereocenters. The number of carbonyl (C=O) groups is 2. The van der Waals surface area contributed by atoms with Crippen molar-refractivity contribution in [3.05, 3.63) is 139 Å². The van der Waals surface area contributed by atoms with Crippen LogP contribution in [0.2, 0.25) is 15.1 Å².